The molecule has 2 rings (SSSR count). The number of pyridine rings is 1. The average Bonchev–Trinajstić information content (AvgIpc) is 2.18. The van der Waals surface area contributed by atoms with Crippen LogP contribution in [-0.4, -0.2) is 17.2 Å². The number of rotatable bonds is 1. The van der Waals surface area contributed by atoms with E-state index in [1.807, 2.05) is 0 Å². The number of para-hydroxylation sites is 1. The molecule has 0 bridgehead atoms. The summed E-state index contributed by atoms with van der Waals surface area (Å²) in [5.41, 5.74) is 0.166. The van der Waals surface area contributed by atoms with Crippen molar-refractivity contribution < 1.29 is 9.84 Å². The Labute approximate surface area is 79.8 Å². The van der Waals surface area contributed by atoms with E-state index < -0.39 is 5.56 Å². The Morgan fingerprint density at radius 3 is 2.79 bits per heavy atom. The van der Waals surface area contributed by atoms with Crippen molar-refractivity contribution in [1.29, 1.82) is 0 Å². The van der Waals surface area contributed by atoms with E-state index in [2.05, 4.69) is 4.98 Å². The zero-order valence-corrected chi connectivity index (χ0v) is 7.57. The Balaban J connectivity index is 2.93. The number of benzene rings is 1. The van der Waals surface area contributed by atoms with Gasteiger partial charge in [0, 0.05) is 5.39 Å². The predicted octanol–water partition coefficient (Wildman–Crippen LogP) is 1.24. The number of aromatic hydroxyl groups is 1. The van der Waals surface area contributed by atoms with E-state index in [1.54, 1.807) is 24.3 Å². The van der Waals surface area contributed by atoms with Crippen LogP contribution in [0.1, 0.15) is 0 Å². The van der Waals surface area contributed by atoms with Gasteiger partial charge in [-0.3, -0.25) is 4.79 Å². The summed E-state index contributed by atoms with van der Waals surface area (Å²) in [6, 6.07) is 6.99. The highest BCUT2D eigenvalue weighted by Gasteiger charge is 2.10. The Bertz CT molecular complexity index is 530. The molecule has 0 radical (unpaired) electrons. The first-order chi connectivity index (χ1) is 6.74. The zero-order chi connectivity index (χ0) is 10.1. The van der Waals surface area contributed by atoms with Crippen LogP contribution in [-0.2, 0) is 0 Å². The predicted molar refractivity (Wildman–Crippen MR) is 52.8 cm³/mol. The number of aromatic amines is 1. The van der Waals surface area contributed by atoms with Crippen LogP contribution in [0.5, 0.6) is 11.5 Å². The summed E-state index contributed by atoms with van der Waals surface area (Å²) in [5, 5.41) is 10.3. The van der Waals surface area contributed by atoms with Gasteiger partial charge < -0.3 is 14.8 Å². The monoisotopic (exact) mass is 191 g/mol. The molecule has 0 aliphatic rings. The van der Waals surface area contributed by atoms with Crippen LogP contribution in [0.25, 0.3) is 10.9 Å². The molecule has 0 amide bonds. The quantitative estimate of drug-likeness (QED) is 0.712. The zero-order valence-electron chi connectivity index (χ0n) is 7.57. The third-order valence-corrected chi connectivity index (χ3v) is 2.06. The lowest BCUT2D eigenvalue weighted by Gasteiger charge is -2.04. The first-order valence-corrected chi connectivity index (χ1v) is 4.12. The van der Waals surface area contributed by atoms with Crippen LogP contribution >= 0.6 is 0 Å². The number of methoxy groups -OCH3 is 1. The van der Waals surface area contributed by atoms with E-state index in [4.69, 9.17) is 4.74 Å². The van der Waals surface area contributed by atoms with E-state index >= 15 is 0 Å². The SMILES string of the molecule is COc1c(O)c2ccccc2[nH]c1=O. The highest BCUT2D eigenvalue weighted by atomic mass is 16.5. The normalized spacial score (nSPS) is 10.4. The molecule has 2 aromatic rings. The van der Waals surface area contributed by atoms with E-state index in [0.717, 1.165) is 0 Å². The van der Waals surface area contributed by atoms with Gasteiger partial charge in [-0.15, -0.1) is 0 Å². The second-order valence-electron chi connectivity index (χ2n) is 2.88. The third kappa shape index (κ3) is 1.12. The minimum Gasteiger partial charge on any atom is -0.504 e. The van der Waals surface area contributed by atoms with Gasteiger partial charge in [-0.25, -0.2) is 0 Å². The maximum atomic E-state index is 11.3. The molecule has 0 fully saturated rings. The third-order valence-electron chi connectivity index (χ3n) is 2.06. The fraction of sp³-hybridized carbons (Fsp3) is 0.100. The minimum absolute atomic E-state index is 0.0521. The molecule has 72 valence electrons. The van der Waals surface area contributed by atoms with Gasteiger partial charge >= 0.3 is 0 Å². The molecule has 0 aliphatic heterocycles. The lowest BCUT2D eigenvalue weighted by Crippen LogP contribution is -2.09. The van der Waals surface area contributed by atoms with Gasteiger partial charge in [0.1, 0.15) is 0 Å². The van der Waals surface area contributed by atoms with Crippen molar-refractivity contribution in [3.05, 3.63) is 34.6 Å². The van der Waals surface area contributed by atoms with Crippen molar-refractivity contribution in [1.82, 2.24) is 4.98 Å². The Kier molecular flexibility index (Phi) is 1.89. The van der Waals surface area contributed by atoms with Gasteiger partial charge in [0.05, 0.1) is 12.6 Å². The van der Waals surface area contributed by atoms with Crippen LogP contribution in [0.4, 0.5) is 0 Å². The fourth-order valence-electron chi connectivity index (χ4n) is 1.40. The van der Waals surface area contributed by atoms with Crippen molar-refractivity contribution in [2.24, 2.45) is 0 Å². The fourth-order valence-corrected chi connectivity index (χ4v) is 1.40. The second-order valence-corrected chi connectivity index (χ2v) is 2.88. The van der Waals surface area contributed by atoms with Gasteiger partial charge in [0.2, 0.25) is 5.75 Å². The summed E-state index contributed by atoms with van der Waals surface area (Å²) in [6.07, 6.45) is 0. The molecule has 0 saturated carbocycles. The number of nitrogens with one attached hydrogen (secondary N) is 1. The summed E-state index contributed by atoms with van der Waals surface area (Å²) in [4.78, 5) is 14.0. The van der Waals surface area contributed by atoms with Crippen LogP contribution < -0.4 is 10.3 Å². The van der Waals surface area contributed by atoms with Gasteiger partial charge in [0.15, 0.2) is 5.75 Å². The average molecular weight is 191 g/mol. The molecule has 0 atom stereocenters. The number of aromatic nitrogens is 1. The van der Waals surface area contributed by atoms with Gasteiger partial charge in [-0.2, -0.15) is 0 Å². The Hall–Kier alpha value is -1.97. The van der Waals surface area contributed by atoms with Crippen LogP contribution in [0.2, 0.25) is 0 Å². The van der Waals surface area contributed by atoms with Crippen LogP contribution in [0.3, 0.4) is 0 Å². The molecule has 1 aromatic carbocycles. The minimum atomic E-state index is -0.427. The highest BCUT2D eigenvalue weighted by Crippen LogP contribution is 2.28. The molecule has 4 heteroatoms. The molecule has 0 aliphatic carbocycles. The molecule has 4 nitrogen and oxygen atoms in total. The van der Waals surface area contributed by atoms with Crippen molar-refractivity contribution in [3.63, 3.8) is 0 Å². The summed E-state index contributed by atoms with van der Waals surface area (Å²) >= 11 is 0. The molecule has 2 N–H and O–H groups in total. The van der Waals surface area contributed by atoms with Gasteiger partial charge in [0.25, 0.3) is 5.56 Å². The first-order valence-electron chi connectivity index (χ1n) is 4.12. The van der Waals surface area contributed by atoms with Crippen molar-refractivity contribution in [3.8, 4) is 11.5 Å². The summed E-state index contributed by atoms with van der Waals surface area (Å²) in [5.74, 6) is -0.171. The Morgan fingerprint density at radius 1 is 1.36 bits per heavy atom. The number of ether oxygens (including phenoxy) is 1. The largest absolute Gasteiger partial charge is 0.504 e. The molecular formula is C10H9NO3. The lowest BCUT2D eigenvalue weighted by atomic mass is 10.2. The molecule has 0 spiro atoms. The maximum Gasteiger partial charge on any atom is 0.294 e. The van der Waals surface area contributed by atoms with Crippen molar-refractivity contribution in [2.45, 2.75) is 0 Å². The molecule has 0 unspecified atom stereocenters. The number of fused-ring (bicyclic) bond motifs is 1. The highest BCUT2D eigenvalue weighted by molar-refractivity contribution is 5.86. The lowest BCUT2D eigenvalue weighted by molar-refractivity contribution is 0.371. The van der Waals surface area contributed by atoms with E-state index in [1.165, 1.54) is 7.11 Å². The molecular weight excluding hydrogens is 182 g/mol. The van der Waals surface area contributed by atoms with Gasteiger partial charge in [-0.1, -0.05) is 12.1 Å². The standard InChI is InChI=1S/C10H9NO3/c1-14-9-8(12)6-4-2-3-5-7(6)11-10(9)13/h2-5H,1H3,(H2,11,12,13). The number of H-pyrrole nitrogens is 1. The van der Waals surface area contributed by atoms with Crippen LogP contribution in [0.15, 0.2) is 29.1 Å². The van der Waals surface area contributed by atoms with Crippen molar-refractivity contribution >= 4 is 10.9 Å². The molecule has 0 saturated heterocycles. The summed E-state index contributed by atoms with van der Waals surface area (Å²) in [7, 11) is 1.35. The summed E-state index contributed by atoms with van der Waals surface area (Å²) in [6.45, 7) is 0. The van der Waals surface area contributed by atoms with E-state index in [-0.39, 0.29) is 11.5 Å². The molecule has 1 heterocycles. The van der Waals surface area contributed by atoms with Crippen molar-refractivity contribution in [2.75, 3.05) is 7.11 Å². The maximum absolute atomic E-state index is 11.3. The van der Waals surface area contributed by atoms with E-state index in [0.29, 0.717) is 10.9 Å². The van der Waals surface area contributed by atoms with Crippen LogP contribution in [0, 0.1) is 0 Å². The van der Waals surface area contributed by atoms with Gasteiger partial charge in [-0.05, 0) is 12.1 Å². The number of hydrogen-bond donors (Lipinski definition) is 2. The smallest absolute Gasteiger partial charge is 0.294 e. The Morgan fingerprint density at radius 2 is 2.07 bits per heavy atom. The molecule has 14 heavy (non-hydrogen) atoms. The summed E-state index contributed by atoms with van der Waals surface area (Å²) < 4.78 is 4.79. The van der Waals surface area contributed by atoms with E-state index in [9.17, 15) is 9.90 Å². The first kappa shape index (κ1) is 8.62. The second kappa shape index (κ2) is 3.06. The topological polar surface area (TPSA) is 62.3 Å². The number of hydrogen-bond acceptors (Lipinski definition) is 3. The molecule has 1 aromatic heterocycles.